The summed E-state index contributed by atoms with van der Waals surface area (Å²) >= 11 is 3.21. The van der Waals surface area contributed by atoms with Crippen molar-refractivity contribution < 1.29 is 0 Å². The molecule has 182 valence electrons. The van der Waals surface area contributed by atoms with E-state index in [2.05, 4.69) is 87.8 Å². The van der Waals surface area contributed by atoms with Crippen molar-refractivity contribution in [3.63, 3.8) is 0 Å². The Morgan fingerprint density at radius 2 is 1.03 bits per heavy atom. The summed E-state index contributed by atoms with van der Waals surface area (Å²) in [6.07, 6.45) is 14.1. The number of aryl methyl sites for hydroxylation is 1. The number of hydrogen-bond acceptors (Lipinski definition) is 2. The molecule has 0 fully saturated rings. The maximum absolute atomic E-state index is 2.72. The van der Waals surface area contributed by atoms with Crippen molar-refractivity contribution in [1.82, 2.24) is 4.57 Å². The molecule has 0 aliphatic carbocycles. The number of hydrogen-bond donors (Lipinski definition) is 0. The molecular formula is C28H45NS2Sn2. The number of thiophene rings is 2. The van der Waals surface area contributed by atoms with Crippen molar-refractivity contribution in [1.29, 1.82) is 0 Å². The van der Waals surface area contributed by atoms with Crippen molar-refractivity contribution in [3.8, 4) is 0 Å². The van der Waals surface area contributed by atoms with E-state index in [1.165, 1.54) is 70.8 Å². The van der Waals surface area contributed by atoms with Gasteiger partial charge in [-0.2, -0.15) is 0 Å². The van der Waals surface area contributed by atoms with Gasteiger partial charge in [-0.25, -0.2) is 0 Å². The molecule has 0 unspecified atom stereocenters. The average Bonchev–Trinajstić information content (AvgIpc) is 3.33. The summed E-state index contributed by atoms with van der Waals surface area (Å²) in [6.45, 7) is 18.2. The van der Waals surface area contributed by atoms with Gasteiger partial charge in [0, 0.05) is 0 Å². The number of aromatic nitrogens is 1. The van der Waals surface area contributed by atoms with Gasteiger partial charge in [0.1, 0.15) is 0 Å². The Hall–Kier alpha value is 0.797. The van der Waals surface area contributed by atoms with E-state index in [1.54, 1.807) is 26.2 Å². The number of nitrogens with zero attached hydrogens (tertiary/aromatic N) is 1. The Balaban J connectivity index is 1.67. The van der Waals surface area contributed by atoms with Crippen molar-refractivity contribution in [2.45, 2.75) is 126 Å². The summed E-state index contributed by atoms with van der Waals surface area (Å²) in [5.41, 5.74) is 3.12. The first kappa shape index (κ1) is 28.4. The van der Waals surface area contributed by atoms with Crippen LogP contribution < -0.4 is 5.79 Å². The standard InChI is InChI=1S/C20H27NS2.2C4H9.2Sn/c1-2-3-4-5-6-7-8-9-10-11-14-21-17-12-15-22-19(17)20-18(21)13-16-23-20;2*1-4(2)3;;/h12-13H,2-11,14H2,1H3;2*1-3H3;;. The molecule has 3 rings (SSSR count). The molecule has 0 aromatic carbocycles. The first-order valence-electron chi connectivity index (χ1n) is 13.2. The molecule has 3 aromatic heterocycles. The van der Waals surface area contributed by atoms with E-state index in [9.17, 15) is 0 Å². The third kappa shape index (κ3) is 9.00. The van der Waals surface area contributed by atoms with E-state index in [1.807, 2.05) is 0 Å². The molecule has 4 radical (unpaired) electrons. The van der Waals surface area contributed by atoms with Crippen LogP contribution in [0.15, 0.2) is 12.1 Å². The number of unbranched alkanes of at least 4 members (excludes halogenated alkanes) is 9. The van der Waals surface area contributed by atoms with E-state index >= 15 is 0 Å². The predicted molar refractivity (Wildman–Crippen MR) is 157 cm³/mol. The fourth-order valence-corrected chi connectivity index (χ4v) is 18.7. The normalized spacial score (nSPS) is 13.1. The first-order valence-corrected chi connectivity index (χ1v) is 20.5. The predicted octanol–water partition coefficient (Wildman–Crippen LogP) is 8.93. The Morgan fingerprint density at radius 3 is 1.42 bits per heavy atom. The van der Waals surface area contributed by atoms with Crippen molar-refractivity contribution in [2.75, 3.05) is 0 Å². The molecule has 0 saturated heterocycles. The molecule has 0 atom stereocenters. The van der Waals surface area contributed by atoms with Crippen LogP contribution in [0.1, 0.15) is 113 Å². The second-order valence-corrected chi connectivity index (χ2v) is 29.0. The van der Waals surface area contributed by atoms with E-state index in [0.29, 0.717) is 6.86 Å². The summed E-state index contributed by atoms with van der Waals surface area (Å²) in [7, 11) is 0. The van der Waals surface area contributed by atoms with Crippen LogP contribution in [0.3, 0.4) is 0 Å². The Labute approximate surface area is 231 Å². The van der Waals surface area contributed by atoms with E-state index < -0.39 is 42.3 Å². The van der Waals surface area contributed by atoms with Gasteiger partial charge in [0.15, 0.2) is 0 Å². The molecule has 3 heterocycles. The van der Waals surface area contributed by atoms with Gasteiger partial charge in [0.2, 0.25) is 0 Å². The minimum absolute atomic E-state index is 0.521. The summed E-state index contributed by atoms with van der Waals surface area (Å²) in [5.74, 6) is 0. The van der Waals surface area contributed by atoms with Crippen LogP contribution in [0.25, 0.3) is 20.4 Å². The van der Waals surface area contributed by atoms with Crippen LogP contribution in [0.2, 0.25) is 6.86 Å². The van der Waals surface area contributed by atoms with Crippen molar-refractivity contribution in [3.05, 3.63) is 12.1 Å². The molecule has 0 amide bonds. The number of fused-ring (bicyclic) bond motifs is 3. The molecular weight excluding hydrogens is 652 g/mol. The Bertz CT molecular complexity index is 929. The molecule has 0 N–H and O–H groups in total. The van der Waals surface area contributed by atoms with Crippen LogP contribution in [0, 0.1) is 0 Å². The monoisotopic (exact) mass is 699 g/mol. The molecule has 0 saturated carbocycles. The number of rotatable bonds is 13. The summed E-state index contributed by atoms with van der Waals surface area (Å²) < 4.78 is 10.5. The summed E-state index contributed by atoms with van der Waals surface area (Å²) in [5, 5.41) is 0. The van der Waals surface area contributed by atoms with Crippen molar-refractivity contribution in [2.24, 2.45) is 0 Å². The van der Waals surface area contributed by atoms with Crippen LogP contribution in [0.5, 0.6) is 0 Å². The molecule has 1 nitrogen and oxygen atoms in total. The van der Waals surface area contributed by atoms with Gasteiger partial charge >= 0.3 is 208 Å². The molecule has 33 heavy (non-hydrogen) atoms. The Morgan fingerprint density at radius 1 is 0.636 bits per heavy atom. The zero-order chi connectivity index (χ0) is 24.1. The molecule has 0 aliphatic rings. The maximum atomic E-state index is 2.72. The zero-order valence-electron chi connectivity index (χ0n) is 22.2. The van der Waals surface area contributed by atoms with Gasteiger partial charge in [-0.1, -0.05) is 26.2 Å². The SMILES string of the molecule is CCCCCCCCCCCCn1c2c[c]([Sn][C](C)(C)C)sc2c2s[c]([Sn][C](C)(C)C)cc21. The summed E-state index contributed by atoms with van der Waals surface area (Å²) in [6, 6.07) is 5.20. The third-order valence-electron chi connectivity index (χ3n) is 5.94. The average molecular weight is 697 g/mol. The van der Waals surface area contributed by atoms with Gasteiger partial charge in [-0.05, 0) is 0 Å². The second kappa shape index (κ2) is 12.9. The summed E-state index contributed by atoms with van der Waals surface area (Å²) in [4.78, 5) is 0. The quantitative estimate of drug-likeness (QED) is 0.124. The van der Waals surface area contributed by atoms with Crippen molar-refractivity contribution >= 4 is 91.2 Å². The minimum atomic E-state index is -0.543. The van der Waals surface area contributed by atoms with Crippen LogP contribution in [-0.2, 0) is 6.54 Å². The fourth-order valence-electron chi connectivity index (χ4n) is 4.48. The first-order chi connectivity index (χ1) is 15.6. The van der Waals surface area contributed by atoms with E-state index in [-0.39, 0.29) is 0 Å². The van der Waals surface area contributed by atoms with Crippen LogP contribution in [-0.4, -0.2) is 46.9 Å². The van der Waals surface area contributed by atoms with Gasteiger partial charge in [-0.3, -0.25) is 0 Å². The molecule has 3 aromatic rings. The van der Waals surface area contributed by atoms with Gasteiger partial charge < -0.3 is 0 Å². The van der Waals surface area contributed by atoms with E-state index in [0.717, 1.165) is 0 Å². The van der Waals surface area contributed by atoms with Gasteiger partial charge in [0.25, 0.3) is 0 Å². The fraction of sp³-hybridized carbons (Fsp3) is 0.714. The third-order valence-corrected chi connectivity index (χ3v) is 17.6. The second-order valence-electron chi connectivity index (χ2n) is 11.7. The van der Waals surface area contributed by atoms with Crippen LogP contribution >= 0.6 is 22.7 Å². The van der Waals surface area contributed by atoms with Gasteiger partial charge in [-0.15, -0.1) is 0 Å². The molecule has 5 heteroatoms. The zero-order valence-corrected chi connectivity index (χ0v) is 29.5. The molecule has 0 aliphatic heterocycles. The van der Waals surface area contributed by atoms with Crippen LogP contribution in [0.4, 0.5) is 0 Å². The topological polar surface area (TPSA) is 4.93 Å². The van der Waals surface area contributed by atoms with Gasteiger partial charge in [0.05, 0.1) is 0 Å². The van der Waals surface area contributed by atoms with E-state index in [4.69, 9.17) is 0 Å². The molecule has 0 bridgehead atoms. The molecule has 0 spiro atoms. The Kier molecular flexibility index (Phi) is 11.0.